The van der Waals surface area contributed by atoms with Crippen LogP contribution in [0.5, 0.6) is 0 Å². The summed E-state index contributed by atoms with van der Waals surface area (Å²) in [6.45, 7) is 5.84. The van der Waals surface area contributed by atoms with Gasteiger partial charge in [-0.15, -0.1) is 0 Å². The zero-order valence-corrected chi connectivity index (χ0v) is 18.0. The van der Waals surface area contributed by atoms with Gasteiger partial charge in [0.2, 0.25) is 0 Å². The van der Waals surface area contributed by atoms with E-state index in [0.717, 1.165) is 19.4 Å². The van der Waals surface area contributed by atoms with Crippen LogP contribution >= 0.6 is 0 Å². The lowest BCUT2D eigenvalue weighted by Gasteiger charge is -2.34. The van der Waals surface area contributed by atoms with Crippen molar-refractivity contribution in [3.8, 4) is 6.07 Å². The van der Waals surface area contributed by atoms with E-state index in [9.17, 15) is 9.18 Å². The van der Waals surface area contributed by atoms with Crippen LogP contribution < -0.4 is 10.2 Å². The molecule has 9 heteroatoms. The van der Waals surface area contributed by atoms with Crippen molar-refractivity contribution in [1.82, 2.24) is 14.9 Å². The number of amides is 1. The Hall–Kier alpha value is -3.41. The molecule has 2 heterocycles. The van der Waals surface area contributed by atoms with E-state index in [0.29, 0.717) is 30.6 Å². The Morgan fingerprint density at radius 1 is 1.35 bits per heavy atom. The fourth-order valence-electron chi connectivity index (χ4n) is 3.50. The number of halogens is 1. The van der Waals surface area contributed by atoms with E-state index in [1.807, 2.05) is 31.9 Å². The van der Waals surface area contributed by atoms with E-state index in [4.69, 9.17) is 10.00 Å². The number of nitriles is 1. The second-order valence-electron chi connectivity index (χ2n) is 7.94. The molecule has 1 amide bonds. The molecular weight excluding hydrogens is 399 g/mol. The van der Waals surface area contributed by atoms with Gasteiger partial charge >= 0.3 is 6.09 Å². The third-order valence-electron chi connectivity index (χ3n) is 5.15. The predicted octanol–water partition coefficient (Wildman–Crippen LogP) is 3.92. The lowest BCUT2D eigenvalue weighted by Crippen LogP contribution is -2.42. The van der Waals surface area contributed by atoms with E-state index in [-0.39, 0.29) is 23.4 Å². The third kappa shape index (κ3) is 6.04. The average molecular weight is 426 g/mol. The van der Waals surface area contributed by atoms with Crippen molar-refractivity contribution in [3.63, 3.8) is 0 Å². The summed E-state index contributed by atoms with van der Waals surface area (Å²) in [5.74, 6) is 1.09. The maximum absolute atomic E-state index is 14.1. The summed E-state index contributed by atoms with van der Waals surface area (Å²) >= 11 is 0. The highest BCUT2D eigenvalue weighted by atomic mass is 19.1. The largest absolute Gasteiger partial charge is 0.447 e. The van der Waals surface area contributed by atoms with Crippen LogP contribution in [0.25, 0.3) is 0 Å². The first-order valence-corrected chi connectivity index (χ1v) is 10.3. The van der Waals surface area contributed by atoms with Crippen molar-refractivity contribution in [2.75, 3.05) is 36.9 Å². The molecule has 0 aliphatic carbocycles. The molecule has 8 nitrogen and oxygen atoms in total. The van der Waals surface area contributed by atoms with Crippen molar-refractivity contribution < 1.29 is 13.9 Å². The van der Waals surface area contributed by atoms with Gasteiger partial charge in [-0.3, -0.25) is 0 Å². The molecule has 0 unspecified atom stereocenters. The molecule has 0 bridgehead atoms. The fourth-order valence-corrected chi connectivity index (χ4v) is 3.50. The van der Waals surface area contributed by atoms with Gasteiger partial charge in [0.1, 0.15) is 23.8 Å². The van der Waals surface area contributed by atoms with Gasteiger partial charge in [-0.1, -0.05) is 0 Å². The quantitative estimate of drug-likeness (QED) is 0.748. The normalized spacial score (nSPS) is 14.3. The smallest absolute Gasteiger partial charge is 0.410 e. The SMILES string of the molecule is CC(C)OC(=O)N1CCC(CN(C)c2cc(Nc3ccc(C#N)cc3F)ncn2)CC1. The Kier molecular flexibility index (Phi) is 7.23. The number of ether oxygens (including phenoxy) is 1. The summed E-state index contributed by atoms with van der Waals surface area (Å²) in [7, 11) is 1.95. The van der Waals surface area contributed by atoms with Crippen LogP contribution in [-0.2, 0) is 4.74 Å². The summed E-state index contributed by atoms with van der Waals surface area (Å²) < 4.78 is 19.4. The predicted molar refractivity (Wildman–Crippen MR) is 116 cm³/mol. The van der Waals surface area contributed by atoms with Crippen molar-refractivity contribution in [3.05, 3.63) is 42.0 Å². The lowest BCUT2D eigenvalue weighted by molar-refractivity contribution is 0.0658. The summed E-state index contributed by atoms with van der Waals surface area (Å²) in [5, 5.41) is 11.8. The Bertz CT molecular complexity index is 953. The van der Waals surface area contributed by atoms with E-state index in [2.05, 4.69) is 15.3 Å². The number of benzene rings is 1. The number of nitrogens with zero attached hydrogens (tertiary/aromatic N) is 5. The van der Waals surface area contributed by atoms with Crippen LogP contribution in [0.4, 0.5) is 26.5 Å². The highest BCUT2D eigenvalue weighted by molar-refractivity contribution is 5.67. The fraction of sp³-hybridized carbons (Fsp3) is 0.455. The molecule has 1 aliphatic rings. The number of carbonyl (C=O) groups excluding carboxylic acids is 1. The molecule has 164 valence electrons. The van der Waals surface area contributed by atoms with Gasteiger partial charge in [-0.05, 0) is 50.8 Å². The van der Waals surface area contributed by atoms with Gasteiger partial charge in [-0.25, -0.2) is 19.2 Å². The molecule has 1 aromatic heterocycles. The van der Waals surface area contributed by atoms with Crippen molar-refractivity contribution in [2.45, 2.75) is 32.8 Å². The molecule has 1 N–H and O–H groups in total. The van der Waals surface area contributed by atoms with Crippen LogP contribution in [0.3, 0.4) is 0 Å². The van der Waals surface area contributed by atoms with Crippen molar-refractivity contribution >= 4 is 23.4 Å². The molecule has 1 fully saturated rings. The van der Waals surface area contributed by atoms with Crippen LogP contribution in [-0.4, -0.2) is 53.7 Å². The average Bonchev–Trinajstić information content (AvgIpc) is 2.75. The van der Waals surface area contributed by atoms with E-state index >= 15 is 0 Å². The molecule has 0 spiro atoms. The number of rotatable bonds is 6. The maximum Gasteiger partial charge on any atom is 0.410 e. The standard InChI is InChI=1S/C22H27FN6O2/c1-15(2)31-22(30)29-8-6-16(7-9-29)13-28(3)21-11-20(25-14-26-21)27-19-5-4-17(12-24)10-18(19)23/h4-5,10-11,14-16H,6-9,13H2,1-3H3,(H,25,26,27). The molecule has 0 radical (unpaired) electrons. The van der Waals surface area contributed by atoms with Crippen LogP contribution in [0.15, 0.2) is 30.6 Å². The lowest BCUT2D eigenvalue weighted by atomic mass is 9.96. The Morgan fingerprint density at radius 2 is 2.10 bits per heavy atom. The van der Waals surface area contributed by atoms with Gasteiger partial charge in [0.15, 0.2) is 0 Å². The summed E-state index contributed by atoms with van der Waals surface area (Å²) in [4.78, 5) is 24.3. The minimum atomic E-state index is -0.518. The number of hydrogen-bond donors (Lipinski definition) is 1. The number of carbonyl (C=O) groups is 1. The number of anilines is 3. The molecular formula is C22H27FN6O2. The molecule has 3 rings (SSSR count). The zero-order chi connectivity index (χ0) is 22.4. The Morgan fingerprint density at radius 3 is 2.74 bits per heavy atom. The zero-order valence-electron chi connectivity index (χ0n) is 18.0. The summed E-state index contributed by atoms with van der Waals surface area (Å²) in [5.41, 5.74) is 0.502. The Labute approximate surface area is 181 Å². The molecule has 0 saturated carbocycles. The number of hydrogen-bond acceptors (Lipinski definition) is 7. The Balaban J connectivity index is 1.57. The molecule has 1 saturated heterocycles. The molecule has 1 aliphatic heterocycles. The van der Waals surface area contributed by atoms with Crippen LogP contribution in [0, 0.1) is 23.1 Å². The first-order valence-electron chi connectivity index (χ1n) is 10.3. The third-order valence-corrected chi connectivity index (χ3v) is 5.15. The molecule has 2 aromatic rings. The summed E-state index contributed by atoms with van der Waals surface area (Å²) in [6.07, 6.45) is 2.85. The molecule has 31 heavy (non-hydrogen) atoms. The van der Waals surface area contributed by atoms with Crippen molar-refractivity contribution in [1.29, 1.82) is 5.26 Å². The van der Waals surface area contributed by atoms with Crippen LogP contribution in [0.2, 0.25) is 0 Å². The van der Waals surface area contributed by atoms with E-state index < -0.39 is 5.82 Å². The van der Waals surface area contributed by atoms with Gasteiger partial charge < -0.3 is 19.9 Å². The molecule has 0 atom stereocenters. The highest BCUT2D eigenvalue weighted by Crippen LogP contribution is 2.24. The monoisotopic (exact) mass is 426 g/mol. The van der Waals surface area contributed by atoms with Gasteiger partial charge in [-0.2, -0.15) is 5.26 Å². The number of piperidine rings is 1. The first kappa shape index (κ1) is 22.3. The number of nitrogens with one attached hydrogen (secondary N) is 1. The second-order valence-corrected chi connectivity index (χ2v) is 7.94. The van der Waals surface area contributed by atoms with Gasteiger partial charge in [0, 0.05) is 32.7 Å². The van der Waals surface area contributed by atoms with Gasteiger partial charge in [0.05, 0.1) is 23.4 Å². The minimum absolute atomic E-state index is 0.116. The second kappa shape index (κ2) is 10.1. The van der Waals surface area contributed by atoms with E-state index in [1.165, 1.54) is 18.5 Å². The highest BCUT2D eigenvalue weighted by Gasteiger charge is 2.25. The van der Waals surface area contributed by atoms with Gasteiger partial charge in [0.25, 0.3) is 0 Å². The topological polar surface area (TPSA) is 94.4 Å². The van der Waals surface area contributed by atoms with Crippen LogP contribution in [0.1, 0.15) is 32.3 Å². The van der Waals surface area contributed by atoms with Crippen molar-refractivity contribution in [2.24, 2.45) is 5.92 Å². The van der Waals surface area contributed by atoms with E-state index in [1.54, 1.807) is 17.0 Å². The summed E-state index contributed by atoms with van der Waals surface area (Å²) in [6, 6.07) is 7.90. The maximum atomic E-state index is 14.1. The number of likely N-dealkylation sites (tertiary alicyclic amines) is 1. The first-order chi connectivity index (χ1) is 14.9. The number of aromatic nitrogens is 2. The molecule has 1 aromatic carbocycles. The minimum Gasteiger partial charge on any atom is -0.447 e.